The van der Waals surface area contributed by atoms with Crippen molar-refractivity contribution in [1.82, 2.24) is 5.32 Å². The van der Waals surface area contributed by atoms with Gasteiger partial charge >= 0.3 is 5.97 Å². The number of aliphatic carboxylic acids is 1. The highest BCUT2D eigenvalue weighted by molar-refractivity contribution is 5.74. The number of carboxylic acids is 1. The molecule has 2 atom stereocenters. The molecule has 2 N–H and O–H groups in total. The summed E-state index contributed by atoms with van der Waals surface area (Å²) in [5.41, 5.74) is 1.04. The summed E-state index contributed by atoms with van der Waals surface area (Å²) < 4.78 is 5.27. The van der Waals surface area contributed by atoms with Gasteiger partial charge in [-0.2, -0.15) is 0 Å². The summed E-state index contributed by atoms with van der Waals surface area (Å²) >= 11 is 0. The third-order valence-electron chi connectivity index (χ3n) is 2.96. The van der Waals surface area contributed by atoms with Crippen molar-refractivity contribution in [2.24, 2.45) is 0 Å². The van der Waals surface area contributed by atoms with E-state index >= 15 is 0 Å². The lowest BCUT2D eigenvalue weighted by molar-refractivity contribution is -0.139. The Morgan fingerprint density at radius 3 is 2.81 bits per heavy atom. The van der Waals surface area contributed by atoms with Gasteiger partial charge in [-0.05, 0) is 18.9 Å². The summed E-state index contributed by atoms with van der Waals surface area (Å²) in [6.45, 7) is 0. The highest BCUT2D eigenvalue weighted by Crippen LogP contribution is 2.32. The van der Waals surface area contributed by atoms with E-state index in [4.69, 9.17) is 9.84 Å². The maximum atomic E-state index is 10.8. The van der Waals surface area contributed by atoms with Gasteiger partial charge in [0.25, 0.3) is 0 Å². The van der Waals surface area contributed by atoms with Crippen molar-refractivity contribution in [2.45, 2.75) is 24.9 Å². The van der Waals surface area contributed by atoms with E-state index in [1.807, 2.05) is 24.3 Å². The molecule has 0 unspecified atom stereocenters. The Labute approximate surface area is 94.2 Å². The minimum Gasteiger partial charge on any atom is -0.496 e. The second-order valence-electron chi connectivity index (χ2n) is 3.93. The van der Waals surface area contributed by atoms with Crippen LogP contribution in [0, 0.1) is 0 Å². The first-order valence-electron chi connectivity index (χ1n) is 5.34. The number of nitrogens with one attached hydrogen (secondary N) is 1. The van der Waals surface area contributed by atoms with Crippen LogP contribution in [0.25, 0.3) is 0 Å². The Balaban J connectivity index is 2.17. The van der Waals surface area contributed by atoms with Crippen LogP contribution >= 0.6 is 0 Å². The highest BCUT2D eigenvalue weighted by atomic mass is 16.5. The van der Waals surface area contributed by atoms with Gasteiger partial charge < -0.3 is 9.84 Å². The first kappa shape index (κ1) is 11.0. The molecule has 4 heteroatoms. The second-order valence-corrected chi connectivity index (χ2v) is 3.93. The van der Waals surface area contributed by atoms with E-state index in [9.17, 15) is 4.79 Å². The Kier molecular flexibility index (Phi) is 3.10. The van der Waals surface area contributed by atoms with E-state index in [2.05, 4.69) is 5.32 Å². The molecule has 0 amide bonds. The fourth-order valence-corrected chi connectivity index (χ4v) is 2.14. The Morgan fingerprint density at radius 2 is 2.19 bits per heavy atom. The van der Waals surface area contributed by atoms with Crippen LogP contribution in [0.4, 0.5) is 0 Å². The Bertz CT molecular complexity index is 392. The van der Waals surface area contributed by atoms with Crippen LogP contribution in [0.2, 0.25) is 0 Å². The molecule has 0 spiro atoms. The number of hydrogen-bond donors (Lipinski definition) is 2. The molecule has 1 aromatic rings. The zero-order chi connectivity index (χ0) is 11.5. The molecule has 0 radical (unpaired) electrons. The number of benzene rings is 1. The monoisotopic (exact) mass is 221 g/mol. The van der Waals surface area contributed by atoms with Crippen LogP contribution in [0.1, 0.15) is 24.4 Å². The summed E-state index contributed by atoms with van der Waals surface area (Å²) in [6.07, 6.45) is 1.50. The third kappa shape index (κ3) is 2.02. The fraction of sp³-hybridized carbons (Fsp3) is 0.417. The molecule has 0 aromatic heterocycles. The van der Waals surface area contributed by atoms with E-state index < -0.39 is 12.0 Å². The minimum absolute atomic E-state index is 0.0808. The lowest BCUT2D eigenvalue weighted by atomic mass is 10.0. The van der Waals surface area contributed by atoms with E-state index in [0.29, 0.717) is 6.42 Å². The van der Waals surface area contributed by atoms with Gasteiger partial charge in [0.05, 0.1) is 7.11 Å². The van der Waals surface area contributed by atoms with Crippen molar-refractivity contribution in [1.29, 1.82) is 0 Å². The van der Waals surface area contributed by atoms with Gasteiger partial charge in [-0.15, -0.1) is 0 Å². The normalized spacial score (nSPS) is 24.3. The van der Waals surface area contributed by atoms with Gasteiger partial charge in [0.2, 0.25) is 0 Å². The van der Waals surface area contributed by atoms with E-state index in [-0.39, 0.29) is 6.04 Å². The van der Waals surface area contributed by atoms with Crippen LogP contribution in [-0.2, 0) is 4.79 Å². The van der Waals surface area contributed by atoms with Crippen LogP contribution in [-0.4, -0.2) is 24.2 Å². The molecule has 1 aromatic carbocycles. The lowest BCUT2D eigenvalue weighted by Crippen LogP contribution is -2.31. The summed E-state index contributed by atoms with van der Waals surface area (Å²) in [7, 11) is 1.63. The third-order valence-corrected chi connectivity index (χ3v) is 2.96. The summed E-state index contributed by atoms with van der Waals surface area (Å²) in [5.74, 6) is 0.0310. The fourth-order valence-electron chi connectivity index (χ4n) is 2.14. The molecule has 1 saturated heterocycles. The van der Waals surface area contributed by atoms with E-state index in [1.165, 1.54) is 0 Å². The topological polar surface area (TPSA) is 58.6 Å². The molecule has 1 aliphatic rings. The average Bonchev–Trinajstić information content (AvgIpc) is 2.78. The zero-order valence-corrected chi connectivity index (χ0v) is 9.14. The predicted octanol–water partition coefficient (Wildman–Crippen LogP) is 1.57. The van der Waals surface area contributed by atoms with Crippen molar-refractivity contribution in [3.63, 3.8) is 0 Å². The number of methoxy groups -OCH3 is 1. The van der Waals surface area contributed by atoms with Crippen molar-refractivity contribution < 1.29 is 14.6 Å². The second kappa shape index (κ2) is 4.53. The molecule has 1 heterocycles. The van der Waals surface area contributed by atoms with Gasteiger partial charge in [0.15, 0.2) is 0 Å². The van der Waals surface area contributed by atoms with Gasteiger partial charge in [0, 0.05) is 11.6 Å². The van der Waals surface area contributed by atoms with Crippen LogP contribution < -0.4 is 10.1 Å². The molecule has 16 heavy (non-hydrogen) atoms. The van der Waals surface area contributed by atoms with Crippen LogP contribution in [0.15, 0.2) is 24.3 Å². The SMILES string of the molecule is COc1ccccc1[C@@H]1CC[C@@H](C(=O)O)N1. The first-order valence-corrected chi connectivity index (χ1v) is 5.34. The predicted molar refractivity (Wildman–Crippen MR) is 59.5 cm³/mol. The lowest BCUT2D eigenvalue weighted by Gasteiger charge is -2.15. The van der Waals surface area contributed by atoms with Crippen LogP contribution in [0.3, 0.4) is 0 Å². The van der Waals surface area contributed by atoms with Crippen molar-refractivity contribution in [3.05, 3.63) is 29.8 Å². The van der Waals surface area contributed by atoms with E-state index in [0.717, 1.165) is 17.7 Å². The molecule has 86 valence electrons. The maximum Gasteiger partial charge on any atom is 0.320 e. The molecule has 0 bridgehead atoms. The van der Waals surface area contributed by atoms with Crippen molar-refractivity contribution in [3.8, 4) is 5.75 Å². The molecule has 1 aliphatic heterocycles. The molecule has 2 rings (SSSR count). The largest absolute Gasteiger partial charge is 0.496 e. The number of hydrogen-bond acceptors (Lipinski definition) is 3. The van der Waals surface area contributed by atoms with Gasteiger partial charge in [-0.25, -0.2) is 0 Å². The van der Waals surface area contributed by atoms with Crippen LogP contribution in [0.5, 0.6) is 5.75 Å². The molecule has 4 nitrogen and oxygen atoms in total. The number of carboxylic acid groups (broad SMARTS) is 1. The molecule has 1 fully saturated rings. The molecular weight excluding hydrogens is 206 g/mol. The smallest absolute Gasteiger partial charge is 0.320 e. The number of para-hydroxylation sites is 1. The first-order chi connectivity index (χ1) is 7.72. The number of rotatable bonds is 3. The standard InChI is InChI=1S/C12H15NO3/c1-16-11-5-3-2-4-8(11)9-6-7-10(13-9)12(14)15/h2-5,9-10,13H,6-7H2,1H3,(H,14,15)/t9-,10-/m0/s1. The van der Waals surface area contributed by atoms with Gasteiger partial charge in [-0.1, -0.05) is 18.2 Å². The summed E-state index contributed by atoms with van der Waals surface area (Å²) in [5, 5.41) is 12.0. The zero-order valence-electron chi connectivity index (χ0n) is 9.14. The average molecular weight is 221 g/mol. The number of ether oxygens (including phenoxy) is 1. The molecule has 0 saturated carbocycles. The minimum atomic E-state index is -0.780. The highest BCUT2D eigenvalue weighted by Gasteiger charge is 2.30. The van der Waals surface area contributed by atoms with Gasteiger partial charge in [0.1, 0.15) is 11.8 Å². The summed E-state index contributed by atoms with van der Waals surface area (Å²) in [4.78, 5) is 10.8. The maximum absolute atomic E-state index is 10.8. The van der Waals surface area contributed by atoms with Gasteiger partial charge in [-0.3, -0.25) is 10.1 Å². The van der Waals surface area contributed by atoms with Crippen molar-refractivity contribution in [2.75, 3.05) is 7.11 Å². The Morgan fingerprint density at radius 1 is 1.44 bits per heavy atom. The molecular formula is C12H15NO3. The number of carbonyl (C=O) groups is 1. The van der Waals surface area contributed by atoms with Crippen molar-refractivity contribution >= 4 is 5.97 Å². The Hall–Kier alpha value is -1.55. The van der Waals surface area contributed by atoms with E-state index in [1.54, 1.807) is 7.11 Å². The quantitative estimate of drug-likeness (QED) is 0.813. The summed E-state index contributed by atoms with van der Waals surface area (Å²) in [6, 6.07) is 7.36. The molecule has 0 aliphatic carbocycles.